The van der Waals surface area contributed by atoms with Gasteiger partial charge >= 0.3 is 23.9 Å². The third-order valence-corrected chi connectivity index (χ3v) is 5.31. The minimum atomic E-state index is -0.998. The number of esters is 4. The van der Waals surface area contributed by atoms with Gasteiger partial charge in [-0.3, -0.25) is 4.68 Å². The standard InChI is InChI=1S/C23H15ClN4O8/c24-11-2-3-12-13(10-11)33-14(29)4-5-15(30)34-21-20-18(19(12)27-28(20)9-1-8-25)22-26-23(21)36-17(32)7-6-16(31)35-22/h2-7,10H,1,8-9,25H2/b5-4?,7-6-. The van der Waals surface area contributed by atoms with Gasteiger partial charge in [0.05, 0.1) is 5.39 Å². The molecule has 6 bridgehead atoms. The molecule has 2 aliphatic heterocycles. The second-order valence-electron chi connectivity index (χ2n) is 7.48. The number of carbonyl (C=O) groups excluding carboxylic acids is 4. The van der Waals surface area contributed by atoms with E-state index >= 15 is 0 Å². The highest BCUT2D eigenvalue weighted by atomic mass is 35.5. The van der Waals surface area contributed by atoms with Gasteiger partial charge < -0.3 is 24.7 Å². The van der Waals surface area contributed by atoms with Gasteiger partial charge in [-0.25, -0.2) is 19.2 Å². The van der Waals surface area contributed by atoms with E-state index in [2.05, 4.69) is 10.1 Å². The summed E-state index contributed by atoms with van der Waals surface area (Å²) in [5, 5.41) is 5.01. The molecule has 12 nitrogen and oxygen atoms in total. The molecule has 0 saturated carbocycles. The summed E-state index contributed by atoms with van der Waals surface area (Å²) in [4.78, 5) is 53.7. The molecule has 3 aromatic rings. The monoisotopic (exact) mass is 510 g/mol. The zero-order valence-corrected chi connectivity index (χ0v) is 19.0. The topological polar surface area (TPSA) is 162 Å². The number of hydrogen-bond acceptors (Lipinski definition) is 11. The molecule has 36 heavy (non-hydrogen) atoms. The number of carbonyl (C=O) groups is 4. The van der Waals surface area contributed by atoms with Crippen LogP contribution in [-0.2, 0) is 25.7 Å². The van der Waals surface area contributed by atoms with Crippen molar-refractivity contribution in [2.45, 2.75) is 13.0 Å². The van der Waals surface area contributed by atoms with Crippen LogP contribution in [0.2, 0.25) is 5.02 Å². The highest BCUT2D eigenvalue weighted by Crippen LogP contribution is 2.46. The van der Waals surface area contributed by atoms with E-state index in [0.717, 1.165) is 24.3 Å². The van der Waals surface area contributed by atoms with E-state index in [1.165, 1.54) is 10.7 Å². The Bertz CT molecular complexity index is 1520. The molecule has 2 aromatic heterocycles. The fraction of sp³-hybridized carbons (Fsp3) is 0.130. The summed E-state index contributed by atoms with van der Waals surface area (Å²) in [6, 6.07) is 4.50. The van der Waals surface area contributed by atoms with Crippen LogP contribution in [0.1, 0.15) is 6.42 Å². The summed E-state index contributed by atoms with van der Waals surface area (Å²) in [7, 11) is 0. The average molecular weight is 511 g/mol. The number of aryl methyl sites for hydroxylation is 1. The SMILES string of the molecule is NCCCn1nc2c3c4nc(c(c31)OC(=O)C=CC(=O)Oc1cc(Cl)ccc1-2)OC(=O)/C=C\C(=O)O4. The number of hydrogen-bond donors (Lipinski definition) is 1. The van der Waals surface area contributed by atoms with Crippen molar-refractivity contribution in [3.8, 4) is 34.5 Å². The Morgan fingerprint density at radius 1 is 0.861 bits per heavy atom. The molecule has 1 aromatic carbocycles. The predicted octanol–water partition coefficient (Wildman–Crippen LogP) is 1.86. The molecule has 0 saturated heterocycles. The Morgan fingerprint density at radius 3 is 2.19 bits per heavy atom. The van der Waals surface area contributed by atoms with E-state index in [0.29, 0.717) is 18.5 Å². The van der Waals surface area contributed by atoms with Gasteiger partial charge in [0.1, 0.15) is 17.0 Å². The van der Waals surface area contributed by atoms with Crippen molar-refractivity contribution in [3.63, 3.8) is 0 Å². The van der Waals surface area contributed by atoms with Crippen molar-refractivity contribution in [2.75, 3.05) is 6.54 Å². The zero-order chi connectivity index (χ0) is 25.4. The van der Waals surface area contributed by atoms with Crippen molar-refractivity contribution in [1.82, 2.24) is 14.8 Å². The van der Waals surface area contributed by atoms with Gasteiger partial charge in [0.2, 0.25) is 11.6 Å². The van der Waals surface area contributed by atoms with Crippen molar-refractivity contribution in [2.24, 2.45) is 5.73 Å². The predicted molar refractivity (Wildman–Crippen MR) is 122 cm³/mol. The maximum absolute atomic E-state index is 12.6. The minimum Gasteiger partial charge on any atom is -0.423 e. The number of nitrogens with zero attached hydrogens (tertiary/aromatic N) is 3. The van der Waals surface area contributed by atoms with Crippen LogP contribution in [0.25, 0.3) is 22.2 Å². The Labute approximate surface area is 206 Å². The maximum atomic E-state index is 12.6. The van der Waals surface area contributed by atoms with E-state index in [1.807, 2.05) is 0 Å². The lowest BCUT2D eigenvalue weighted by Gasteiger charge is -2.13. The molecule has 0 spiro atoms. The van der Waals surface area contributed by atoms with E-state index in [-0.39, 0.29) is 45.5 Å². The maximum Gasteiger partial charge on any atom is 0.337 e. The summed E-state index contributed by atoms with van der Waals surface area (Å²) in [5.41, 5.74) is 6.29. The molecule has 182 valence electrons. The molecule has 2 aliphatic rings. The van der Waals surface area contributed by atoms with Crippen LogP contribution in [0, 0.1) is 0 Å². The van der Waals surface area contributed by atoms with Crippen molar-refractivity contribution >= 4 is 46.4 Å². The number of nitrogens with two attached hydrogens (primary N) is 1. The molecule has 4 heterocycles. The van der Waals surface area contributed by atoms with Crippen LogP contribution < -0.4 is 24.7 Å². The van der Waals surface area contributed by atoms with Crippen LogP contribution in [0.5, 0.6) is 23.3 Å². The molecule has 0 radical (unpaired) electrons. The van der Waals surface area contributed by atoms with Crippen molar-refractivity contribution in [1.29, 1.82) is 0 Å². The fourth-order valence-corrected chi connectivity index (χ4v) is 3.77. The van der Waals surface area contributed by atoms with Gasteiger partial charge in [-0.1, -0.05) is 11.6 Å². The molecule has 13 heteroatoms. The molecule has 0 unspecified atom stereocenters. The molecule has 5 rings (SSSR count). The summed E-state index contributed by atoms with van der Waals surface area (Å²) >= 11 is 6.13. The highest BCUT2D eigenvalue weighted by molar-refractivity contribution is 6.31. The first kappa shape index (κ1) is 23.2. The number of pyridine rings is 1. The van der Waals surface area contributed by atoms with Gasteiger partial charge in [0.15, 0.2) is 0 Å². The van der Waals surface area contributed by atoms with E-state index in [9.17, 15) is 19.2 Å². The van der Waals surface area contributed by atoms with Crippen molar-refractivity contribution in [3.05, 3.63) is 47.5 Å². The van der Waals surface area contributed by atoms with Crippen LogP contribution >= 0.6 is 11.6 Å². The number of rotatable bonds is 3. The second-order valence-corrected chi connectivity index (χ2v) is 7.92. The lowest BCUT2D eigenvalue weighted by atomic mass is 10.1. The summed E-state index contributed by atoms with van der Waals surface area (Å²) < 4.78 is 23.0. The van der Waals surface area contributed by atoms with Gasteiger partial charge in [0.25, 0.3) is 5.88 Å². The van der Waals surface area contributed by atoms with Crippen LogP contribution in [0.15, 0.2) is 42.5 Å². The lowest BCUT2D eigenvalue weighted by molar-refractivity contribution is -0.132. The molecule has 0 fully saturated rings. The quantitative estimate of drug-likeness (QED) is 0.404. The number of aromatic nitrogens is 3. The summed E-state index contributed by atoms with van der Waals surface area (Å²) in [6.07, 6.45) is 3.86. The minimum absolute atomic E-state index is 0.0232. The lowest BCUT2D eigenvalue weighted by Crippen LogP contribution is -2.13. The smallest absolute Gasteiger partial charge is 0.337 e. The van der Waals surface area contributed by atoms with Gasteiger partial charge in [-0.15, -0.1) is 0 Å². The highest BCUT2D eigenvalue weighted by Gasteiger charge is 2.31. The van der Waals surface area contributed by atoms with E-state index in [1.54, 1.807) is 12.1 Å². The van der Waals surface area contributed by atoms with Crippen LogP contribution in [0.3, 0.4) is 0 Å². The zero-order valence-electron chi connectivity index (χ0n) is 18.2. The first-order valence-corrected chi connectivity index (χ1v) is 10.9. The summed E-state index contributed by atoms with van der Waals surface area (Å²) in [5.74, 6) is -4.74. The molecule has 0 aliphatic carbocycles. The van der Waals surface area contributed by atoms with Crippen molar-refractivity contribution < 1.29 is 38.1 Å². The molecular weight excluding hydrogens is 496 g/mol. The third kappa shape index (κ3) is 4.30. The first-order chi connectivity index (χ1) is 17.3. The van der Waals surface area contributed by atoms with Crippen LogP contribution in [0.4, 0.5) is 0 Å². The van der Waals surface area contributed by atoms with Gasteiger partial charge in [0, 0.05) is 47.5 Å². The van der Waals surface area contributed by atoms with E-state index < -0.39 is 29.8 Å². The number of benzene rings is 1. The number of ether oxygens (including phenoxy) is 4. The molecule has 2 N–H and O–H groups in total. The van der Waals surface area contributed by atoms with Crippen LogP contribution in [-0.4, -0.2) is 45.2 Å². The Balaban J connectivity index is 1.92. The van der Waals surface area contributed by atoms with E-state index in [4.69, 9.17) is 36.3 Å². The normalized spacial score (nSPS) is 15.9. The summed E-state index contributed by atoms with van der Waals surface area (Å²) in [6.45, 7) is 0.538. The first-order valence-electron chi connectivity index (χ1n) is 10.5. The molecular formula is C23H15ClN4O8. The fourth-order valence-electron chi connectivity index (χ4n) is 3.61. The molecule has 0 amide bonds. The van der Waals surface area contributed by atoms with Gasteiger partial charge in [-0.05, 0) is 25.1 Å². The Hall–Kier alpha value is -4.55. The largest absolute Gasteiger partial charge is 0.423 e. The second kappa shape index (κ2) is 9.24. The van der Waals surface area contributed by atoms with Gasteiger partial charge in [-0.2, -0.15) is 10.1 Å². The molecule has 0 atom stereocenters. The third-order valence-electron chi connectivity index (χ3n) is 5.07. The average Bonchev–Trinajstić information content (AvgIpc) is 3.23. The Morgan fingerprint density at radius 2 is 1.50 bits per heavy atom. The number of fused-ring (bicyclic) bond motifs is 5. The number of halogens is 1. The Kier molecular flexibility index (Phi) is 5.96.